The summed E-state index contributed by atoms with van der Waals surface area (Å²) < 4.78 is 37.6. The van der Waals surface area contributed by atoms with Crippen LogP contribution in [0.3, 0.4) is 0 Å². The summed E-state index contributed by atoms with van der Waals surface area (Å²) in [5.74, 6) is 0.941. The molecule has 0 aliphatic carbocycles. The van der Waals surface area contributed by atoms with Gasteiger partial charge in [0.2, 0.25) is 0 Å². The molecule has 0 heterocycles. The predicted molar refractivity (Wildman–Crippen MR) is 86.5 cm³/mol. The van der Waals surface area contributed by atoms with Crippen molar-refractivity contribution in [1.82, 2.24) is 0 Å². The number of nitrogens with one attached hydrogen (secondary N) is 1. The van der Waals surface area contributed by atoms with Gasteiger partial charge in [-0.2, -0.15) is 0 Å². The van der Waals surface area contributed by atoms with E-state index in [2.05, 4.69) is 4.72 Å². The summed E-state index contributed by atoms with van der Waals surface area (Å²) >= 11 is 6.02. The monoisotopic (exact) mass is 341 g/mol. The highest BCUT2D eigenvalue weighted by Gasteiger charge is 2.18. The molecule has 22 heavy (non-hydrogen) atoms. The van der Waals surface area contributed by atoms with Crippen LogP contribution in [0, 0.1) is 6.92 Å². The molecule has 0 fully saturated rings. The average molecular weight is 342 g/mol. The number of halogens is 1. The van der Waals surface area contributed by atoms with Gasteiger partial charge in [0.1, 0.15) is 4.90 Å². The lowest BCUT2D eigenvalue weighted by atomic mass is 10.2. The number of rotatable bonds is 5. The Hall–Kier alpha value is -1.92. The van der Waals surface area contributed by atoms with Gasteiger partial charge in [0.15, 0.2) is 11.5 Å². The first-order chi connectivity index (χ1) is 10.4. The van der Waals surface area contributed by atoms with E-state index in [-0.39, 0.29) is 9.92 Å². The standard InChI is InChI=1S/C15H16ClNO4S/c1-10-4-7-15(12(16)8-10)22(18,19)17-11-5-6-13(20-2)14(9-11)21-3/h4-9,17H,1-3H3. The van der Waals surface area contributed by atoms with Gasteiger partial charge in [0.05, 0.1) is 24.9 Å². The van der Waals surface area contributed by atoms with E-state index in [1.165, 1.54) is 20.3 Å². The van der Waals surface area contributed by atoms with Crippen molar-refractivity contribution in [3.63, 3.8) is 0 Å². The normalized spacial score (nSPS) is 11.1. The quantitative estimate of drug-likeness (QED) is 0.904. The zero-order chi connectivity index (χ0) is 16.3. The summed E-state index contributed by atoms with van der Waals surface area (Å²) in [5.41, 5.74) is 1.24. The van der Waals surface area contributed by atoms with Gasteiger partial charge in [-0.15, -0.1) is 0 Å². The molecule has 0 spiro atoms. The zero-order valence-corrected chi connectivity index (χ0v) is 14.0. The topological polar surface area (TPSA) is 64.6 Å². The summed E-state index contributed by atoms with van der Waals surface area (Å²) in [6, 6.07) is 9.51. The van der Waals surface area contributed by atoms with Crippen molar-refractivity contribution in [2.45, 2.75) is 11.8 Å². The molecule has 7 heteroatoms. The number of sulfonamides is 1. The smallest absolute Gasteiger partial charge is 0.263 e. The van der Waals surface area contributed by atoms with E-state index in [9.17, 15) is 8.42 Å². The van der Waals surface area contributed by atoms with Crippen LogP contribution in [0.25, 0.3) is 0 Å². The molecule has 0 unspecified atom stereocenters. The second kappa shape index (κ2) is 6.46. The molecule has 2 aromatic carbocycles. The van der Waals surface area contributed by atoms with Crippen LogP contribution in [0.1, 0.15) is 5.56 Å². The molecule has 2 rings (SSSR count). The Morgan fingerprint density at radius 3 is 2.27 bits per heavy atom. The van der Waals surface area contributed by atoms with Crippen molar-refractivity contribution in [3.8, 4) is 11.5 Å². The largest absolute Gasteiger partial charge is 0.493 e. The van der Waals surface area contributed by atoms with E-state index in [4.69, 9.17) is 21.1 Å². The van der Waals surface area contributed by atoms with Gasteiger partial charge in [-0.1, -0.05) is 17.7 Å². The lowest BCUT2D eigenvalue weighted by molar-refractivity contribution is 0.355. The molecule has 0 amide bonds. The number of hydrogen-bond donors (Lipinski definition) is 1. The number of anilines is 1. The molecule has 1 N–H and O–H groups in total. The molecule has 0 bridgehead atoms. The Balaban J connectivity index is 2.36. The van der Waals surface area contributed by atoms with Gasteiger partial charge < -0.3 is 9.47 Å². The molecule has 0 atom stereocenters. The van der Waals surface area contributed by atoms with E-state index in [0.717, 1.165) is 5.56 Å². The van der Waals surface area contributed by atoms with E-state index in [1.54, 1.807) is 30.3 Å². The summed E-state index contributed by atoms with van der Waals surface area (Å²) in [7, 11) is -0.797. The van der Waals surface area contributed by atoms with Crippen LogP contribution in [-0.4, -0.2) is 22.6 Å². The van der Waals surface area contributed by atoms with Gasteiger partial charge in [-0.25, -0.2) is 8.42 Å². The highest BCUT2D eigenvalue weighted by molar-refractivity contribution is 7.92. The molecule has 0 saturated heterocycles. The average Bonchev–Trinajstić information content (AvgIpc) is 2.46. The van der Waals surface area contributed by atoms with Crippen LogP contribution >= 0.6 is 11.6 Å². The lowest BCUT2D eigenvalue weighted by Crippen LogP contribution is -2.13. The van der Waals surface area contributed by atoms with Crippen LogP contribution in [0.5, 0.6) is 11.5 Å². The van der Waals surface area contributed by atoms with Crippen LogP contribution in [0.4, 0.5) is 5.69 Å². The van der Waals surface area contributed by atoms with Gasteiger partial charge in [0, 0.05) is 6.07 Å². The summed E-state index contributed by atoms with van der Waals surface area (Å²) in [6.07, 6.45) is 0. The second-order valence-corrected chi connectivity index (χ2v) is 6.67. The Labute approximate surface area is 134 Å². The van der Waals surface area contributed by atoms with Crippen molar-refractivity contribution in [1.29, 1.82) is 0 Å². The van der Waals surface area contributed by atoms with Gasteiger partial charge >= 0.3 is 0 Å². The Morgan fingerprint density at radius 2 is 1.68 bits per heavy atom. The molecule has 0 aromatic heterocycles. The minimum Gasteiger partial charge on any atom is -0.493 e. The van der Waals surface area contributed by atoms with Crippen molar-refractivity contribution in [2.75, 3.05) is 18.9 Å². The lowest BCUT2D eigenvalue weighted by Gasteiger charge is -2.12. The number of methoxy groups -OCH3 is 2. The Morgan fingerprint density at radius 1 is 1.00 bits per heavy atom. The maximum atomic E-state index is 12.4. The molecule has 0 aliphatic heterocycles. The molecule has 0 saturated carbocycles. The maximum absolute atomic E-state index is 12.4. The predicted octanol–water partition coefficient (Wildman–Crippen LogP) is 3.47. The van der Waals surface area contributed by atoms with Crippen molar-refractivity contribution < 1.29 is 17.9 Å². The van der Waals surface area contributed by atoms with Crippen molar-refractivity contribution in [3.05, 3.63) is 47.0 Å². The van der Waals surface area contributed by atoms with Crippen LogP contribution < -0.4 is 14.2 Å². The van der Waals surface area contributed by atoms with E-state index in [1.807, 2.05) is 6.92 Å². The van der Waals surface area contributed by atoms with Gasteiger partial charge in [-0.05, 0) is 36.8 Å². The van der Waals surface area contributed by atoms with Crippen molar-refractivity contribution >= 4 is 27.3 Å². The fraction of sp³-hybridized carbons (Fsp3) is 0.200. The molecule has 2 aromatic rings. The van der Waals surface area contributed by atoms with Gasteiger partial charge in [-0.3, -0.25) is 4.72 Å². The van der Waals surface area contributed by atoms with Crippen LogP contribution in [-0.2, 0) is 10.0 Å². The molecule has 0 radical (unpaired) electrons. The molecule has 5 nitrogen and oxygen atoms in total. The number of benzene rings is 2. The first-order valence-corrected chi connectivity index (χ1v) is 8.24. The van der Waals surface area contributed by atoms with Crippen LogP contribution in [0.15, 0.2) is 41.3 Å². The highest BCUT2D eigenvalue weighted by Crippen LogP contribution is 2.31. The molecular formula is C15H16ClNO4S. The Bertz CT molecular complexity index is 790. The first-order valence-electron chi connectivity index (χ1n) is 6.38. The van der Waals surface area contributed by atoms with E-state index in [0.29, 0.717) is 17.2 Å². The zero-order valence-electron chi connectivity index (χ0n) is 12.4. The number of aryl methyl sites for hydroxylation is 1. The Kier molecular flexibility index (Phi) is 4.83. The third kappa shape index (κ3) is 3.45. The fourth-order valence-electron chi connectivity index (χ4n) is 1.93. The number of ether oxygens (including phenoxy) is 2. The SMILES string of the molecule is COc1ccc(NS(=O)(=O)c2ccc(C)cc2Cl)cc1OC. The number of hydrogen-bond acceptors (Lipinski definition) is 4. The maximum Gasteiger partial charge on any atom is 0.263 e. The van der Waals surface area contributed by atoms with Crippen molar-refractivity contribution in [2.24, 2.45) is 0 Å². The summed E-state index contributed by atoms with van der Waals surface area (Å²) in [6.45, 7) is 1.84. The molecule has 118 valence electrons. The minimum absolute atomic E-state index is 0.0227. The van der Waals surface area contributed by atoms with Crippen LogP contribution in [0.2, 0.25) is 5.02 Å². The first kappa shape index (κ1) is 16.5. The highest BCUT2D eigenvalue weighted by atomic mass is 35.5. The third-order valence-electron chi connectivity index (χ3n) is 3.01. The van der Waals surface area contributed by atoms with Gasteiger partial charge in [0.25, 0.3) is 10.0 Å². The summed E-state index contributed by atoms with van der Waals surface area (Å²) in [4.78, 5) is 0.0227. The molecule has 0 aliphatic rings. The van der Waals surface area contributed by atoms with E-state index < -0.39 is 10.0 Å². The summed E-state index contributed by atoms with van der Waals surface area (Å²) in [5, 5.41) is 0.174. The minimum atomic E-state index is -3.78. The third-order valence-corrected chi connectivity index (χ3v) is 4.88. The second-order valence-electron chi connectivity index (χ2n) is 4.61. The van der Waals surface area contributed by atoms with E-state index >= 15 is 0 Å². The fourth-order valence-corrected chi connectivity index (χ4v) is 3.58. The molecular weight excluding hydrogens is 326 g/mol.